The van der Waals surface area contributed by atoms with E-state index in [1.54, 1.807) is 11.8 Å². The lowest BCUT2D eigenvalue weighted by atomic mass is 10.1. The van der Waals surface area contributed by atoms with Crippen LogP contribution in [0, 0.1) is 0 Å². The molecule has 5 nitrogen and oxygen atoms in total. The van der Waals surface area contributed by atoms with E-state index in [9.17, 15) is 4.79 Å². The van der Waals surface area contributed by atoms with Gasteiger partial charge in [-0.3, -0.25) is 4.79 Å². The maximum atomic E-state index is 12.2. The zero-order chi connectivity index (χ0) is 15.9. The molecule has 1 aromatic carbocycles. The number of rotatable bonds is 7. The zero-order valence-corrected chi connectivity index (χ0v) is 13.7. The van der Waals surface area contributed by atoms with Gasteiger partial charge in [-0.15, -0.1) is 0 Å². The van der Waals surface area contributed by atoms with Crippen molar-refractivity contribution in [1.82, 2.24) is 4.98 Å². The number of carbonyl (C=O) groups excluding carboxylic acids is 1. The first-order valence-corrected chi connectivity index (χ1v) is 8.63. The Hall–Kier alpha value is -1.79. The third kappa shape index (κ3) is 4.35. The number of benzene rings is 1. The predicted molar refractivity (Wildman–Crippen MR) is 90.2 cm³/mol. The van der Waals surface area contributed by atoms with E-state index in [0.29, 0.717) is 5.89 Å². The molecule has 1 aromatic heterocycles. The molecular formula is C16H21N3O2S. The second-order valence-corrected chi connectivity index (χ2v) is 5.95. The smallest absolute Gasteiger partial charge is 0.277 e. The van der Waals surface area contributed by atoms with Crippen LogP contribution >= 0.6 is 11.8 Å². The standard InChI is InChI=1S/C16H21N3O2S/c1-3-11-5-4-6-12(9-11)18-15(20)14-10-21-16(19-14)13(17)7-8-22-2/h4-6,9-10,13H,3,7-8,17H2,1-2H3,(H,18,20). The number of oxazole rings is 1. The first-order chi connectivity index (χ1) is 10.6. The van der Waals surface area contributed by atoms with E-state index in [1.807, 2.05) is 30.5 Å². The summed E-state index contributed by atoms with van der Waals surface area (Å²) in [6.45, 7) is 2.07. The van der Waals surface area contributed by atoms with Crippen molar-refractivity contribution in [2.24, 2.45) is 5.73 Å². The van der Waals surface area contributed by atoms with Gasteiger partial charge in [0.05, 0.1) is 6.04 Å². The number of aryl methyl sites for hydroxylation is 1. The molecule has 118 valence electrons. The fraction of sp³-hybridized carbons (Fsp3) is 0.375. The number of aromatic nitrogens is 1. The largest absolute Gasteiger partial charge is 0.446 e. The summed E-state index contributed by atoms with van der Waals surface area (Å²) in [5.41, 5.74) is 8.15. The molecule has 0 saturated carbocycles. The van der Waals surface area contributed by atoms with Crippen molar-refractivity contribution in [3.63, 3.8) is 0 Å². The lowest BCUT2D eigenvalue weighted by Gasteiger charge is -2.05. The van der Waals surface area contributed by atoms with Gasteiger partial charge in [-0.05, 0) is 42.5 Å². The van der Waals surface area contributed by atoms with Gasteiger partial charge in [-0.25, -0.2) is 4.98 Å². The summed E-state index contributed by atoms with van der Waals surface area (Å²) in [4.78, 5) is 16.4. The number of thioether (sulfide) groups is 1. The van der Waals surface area contributed by atoms with Crippen molar-refractivity contribution < 1.29 is 9.21 Å². The van der Waals surface area contributed by atoms with Gasteiger partial charge in [-0.2, -0.15) is 11.8 Å². The van der Waals surface area contributed by atoms with Crippen LogP contribution in [-0.2, 0) is 6.42 Å². The summed E-state index contributed by atoms with van der Waals surface area (Å²) in [5, 5.41) is 2.82. The Morgan fingerprint density at radius 3 is 3.05 bits per heavy atom. The van der Waals surface area contributed by atoms with Crippen LogP contribution in [0.3, 0.4) is 0 Å². The van der Waals surface area contributed by atoms with Crippen LogP contribution in [0.4, 0.5) is 5.69 Å². The van der Waals surface area contributed by atoms with E-state index >= 15 is 0 Å². The third-order valence-corrected chi connectivity index (χ3v) is 3.94. The Kier molecular flexibility index (Phi) is 6.03. The van der Waals surface area contributed by atoms with Gasteiger partial charge < -0.3 is 15.5 Å². The Labute approximate surface area is 134 Å². The second kappa shape index (κ2) is 8.00. The third-order valence-electron chi connectivity index (χ3n) is 3.30. The molecule has 1 unspecified atom stereocenters. The Balaban J connectivity index is 2.02. The number of anilines is 1. The highest BCUT2D eigenvalue weighted by Crippen LogP contribution is 2.17. The van der Waals surface area contributed by atoms with Crippen molar-refractivity contribution in [3.05, 3.63) is 47.7 Å². The van der Waals surface area contributed by atoms with Gasteiger partial charge in [0, 0.05) is 5.69 Å². The molecular weight excluding hydrogens is 298 g/mol. The minimum Gasteiger partial charge on any atom is -0.446 e. The molecule has 0 radical (unpaired) electrons. The Morgan fingerprint density at radius 2 is 2.32 bits per heavy atom. The minimum atomic E-state index is -0.291. The molecule has 0 saturated heterocycles. The number of nitrogens with two attached hydrogens (primary N) is 1. The van der Waals surface area contributed by atoms with E-state index in [0.717, 1.165) is 29.8 Å². The molecule has 0 aliphatic heterocycles. The summed E-state index contributed by atoms with van der Waals surface area (Å²) in [6, 6.07) is 7.46. The monoisotopic (exact) mass is 319 g/mol. The van der Waals surface area contributed by atoms with Gasteiger partial charge >= 0.3 is 0 Å². The van der Waals surface area contributed by atoms with Gasteiger partial charge in [0.15, 0.2) is 5.69 Å². The molecule has 1 heterocycles. The van der Waals surface area contributed by atoms with E-state index in [1.165, 1.54) is 6.26 Å². The highest BCUT2D eigenvalue weighted by molar-refractivity contribution is 7.98. The minimum absolute atomic E-state index is 0.247. The lowest BCUT2D eigenvalue weighted by molar-refractivity contribution is 0.102. The van der Waals surface area contributed by atoms with Gasteiger partial charge in [0.2, 0.25) is 5.89 Å². The summed E-state index contributed by atoms with van der Waals surface area (Å²) in [7, 11) is 0. The number of nitrogens with one attached hydrogen (secondary N) is 1. The SMILES string of the molecule is CCc1cccc(NC(=O)c2coc(C(N)CCSC)n2)c1. The topological polar surface area (TPSA) is 81.2 Å². The van der Waals surface area contributed by atoms with Crippen LogP contribution in [0.5, 0.6) is 0 Å². The van der Waals surface area contributed by atoms with Crippen LogP contribution in [0.2, 0.25) is 0 Å². The molecule has 2 rings (SSSR count). The number of carbonyl (C=O) groups is 1. The van der Waals surface area contributed by atoms with Crippen molar-refractivity contribution in [3.8, 4) is 0 Å². The quantitative estimate of drug-likeness (QED) is 0.819. The normalized spacial score (nSPS) is 12.1. The van der Waals surface area contributed by atoms with Gasteiger partial charge in [-0.1, -0.05) is 19.1 Å². The van der Waals surface area contributed by atoms with Crippen molar-refractivity contribution >= 4 is 23.4 Å². The first-order valence-electron chi connectivity index (χ1n) is 7.24. The first kappa shape index (κ1) is 16.6. The van der Waals surface area contributed by atoms with Crippen molar-refractivity contribution in [2.75, 3.05) is 17.3 Å². The number of hydrogen-bond acceptors (Lipinski definition) is 5. The van der Waals surface area contributed by atoms with E-state index in [4.69, 9.17) is 10.2 Å². The molecule has 0 aliphatic carbocycles. The molecule has 6 heteroatoms. The molecule has 1 amide bonds. The van der Waals surface area contributed by atoms with Crippen molar-refractivity contribution in [2.45, 2.75) is 25.8 Å². The van der Waals surface area contributed by atoms with Crippen LogP contribution in [-0.4, -0.2) is 22.9 Å². The molecule has 0 bridgehead atoms. The molecule has 0 spiro atoms. The van der Waals surface area contributed by atoms with E-state index in [2.05, 4.69) is 17.2 Å². The van der Waals surface area contributed by atoms with Gasteiger partial charge in [0.1, 0.15) is 6.26 Å². The number of nitrogens with zero attached hydrogens (tertiary/aromatic N) is 1. The molecule has 1 atom stereocenters. The Morgan fingerprint density at radius 1 is 1.50 bits per heavy atom. The zero-order valence-electron chi connectivity index (χ0n) is 12.8. The fourth-order valence-electron chi connectivity index (χ4n) is 1.99. The second-order valence-electron chi connectivity index (χ2n) is 4.97. The molecule has 0 aliphatic rings. The molecule has 3 N–H and O–H groups in total. The number of hydrogen-bond donors (Lipinski definition) is 2. The predicted octanol–water partition coefficient (Wildman–Crippen LogP) is 3.24. The average molecular weight is 319 g/mol. The summed E-state index contributed by atoms with van der Waals surface area (Å²) in [6.07, 6.45) is 5.06. The Bertz CT molecular complexity index is 627. The molecule has 22 heavy (non-hydrogen) atoms. The molecule has 0 fully saturated rings. The maximum Gasteiger partial charge on any atom is 0.277 e. The summed E-state index contributed by atoms with van der Waals surface area (Å²) < 4.78 is 5.32. The van der Waals surface area contributed by atoms with E-state index in [-0.39, 0.29) is 17.6 Å². The maximum absolute atomic E-state index is 12.2. The van der Waals surface area contributed by atoms with E-state index < -0.39 is 0 Å². The summed E-state index contributed by atoms with van der Waals surface area (Å²) >= 11 is 1.71. The molecule has 2 aromatic rings. The van der Waals surface area contributed by atoms with Crippen molar-refractivity contribution in [1.29, 1.82) is 0 Å². The number of amides is 1. The average Bonchev–Trinajstić information content (AvgIpc) is 3.03. The highest BCUT2D eigenvalue weighted by Gasteiger charge is 2.17. The van der Waals surface area contributed by atoms with Crippen LogP contribution in [0.15, 0.2) is 34.9 Å². The lowest BCUT2D eigenvalue weighted by Crippen LogP contribution is -2.15. The van der Waals surface area contributed by atoms with Gasteiger partial charge in [0.25, 0.3) is 5.91 Å². The summed E-state index contributed by atoms with van der Waals surface area (Å²) in [5.74, 6) is 1.04. The van der Waals surface area contributed by atoms with Crippen LogP contribution in [0.1, 0.15) is 41.3 Å². The fourth-order valence-corrected chi connectivity index (χ4v) is 2.48. The van der Waals surface area contributed by atoms with Crippen LogP contribution < -0.4 is 11.1 Å². The van der Waals surface area contributed by atoms with Crippen LogP contribution in [0.25, 0.3) is 0 Å². The highest BCUT2D eigenvalue weighted by atomic mass is 32.2.